The number of amides is 2. The van der Waals surface area contributed by atoms with Gasteiger partial charge in [-0.1, -0.05) is 96.2 Å². The quantitative estimate of drug-likeness (QED) is 0.0965. The Morgan fingerprint density at radius 3 is 2.49 bits per heavy atom. The highest BCUT2D eigenvalue weighted by atomic mass is 28.3. The first-order valence-electron chi connectivity index (χ1n) is 20.9. The summed E-state index contributed by atoms with van der Waals surface area (Å²) in [6, 6.07) is 24.2. The highest BCUT2D eigenvalue weighted by Crippen LogP contribution is 2.60. The maximum Gasteiger partial charge on any atom is 0.264 e. The number of hydrogen-bond acceptors (Lipinski definition) is 8. The summed E-state index contributed by atoms with van der Waals surface area (Å²) in [6.45, 7) is 14.2. The number of hydrazone groups is 1. The minimum Gasteiger partial charge on any atom is -0.497 e. The van der Waals surface area contributed by atoms with Crippen molar-refractivity contribution in [2.24, 2.45) is 11.0 Å². The van der Waals surface area contributed by atoms with Crippen molar-refractivity contribution < 1.29 is 24.2 Å². The summed E-state index contributed by atoms with van der Waals surface area (Å²) in [5, 5.41) is 25.8. The van der Waals surface area contributed by atoms with E-state index in [1.165, 1.54) is 21.3 Å². The Hall–Kier alpha value is -5.17. The van der Waals surface area contributed by atoms with Crippen LogP contribution in [0, 0.1) is 5.92 Å². The number of aliphatic hydroxyl groups is 1. The predicted molar refractivity (Wildman–Crippen MR) is 236 cm³/mol. The van der Waals surface area contributed by atoms with Crippen molar-refractivity contribution in [2.75, 3.05) is 30.2 Å². The number of rotatable bonds is 15. The number of carbonyl (C=O) groups is 2. The van der Waals surface area contributed by atoms with Crippen LogP contribution >= 0.6 is 0 Å². The molecule has 59 heavy (non-hydrogen) atoms. The van der Waals surface area contributed by atoms with E-state index in [9.17, 15) is 9.90 Å². The molecule has 3 aliphatic rings. The number of benzene rings is 3. The number of aromatic nitrogens is 3. The van der Waals surface area contributed by atoms with Gasteiger partial charge in [0, 0.05) is 56.6 Å². The molecule has 0 unspecified atom stereocenters. The van der Waals surface area contributed by atoms with Crippen LogP contribution < -0.4 is 19.8 Å². The third-order valence-electron chi connectivity index (χ3n) is 12.5. The second-order valence-corrected chi connectivity index (χ2v) is 21.7. The third-order valence-corrected chi connectivity index (χ3v) is 16.9. The Morgan fingerprint density at radius 2 is 1.78 bits per heavy atom. The summed E-state index contributed by atoms with van der Waals surface area (Å²) < 4.78 is 14.8. The van der Waals surface area contributed by atoms with Gasteiger partial charge in [0.25, 0.3) is 5.91 Å². The maximum atomic E-state index is 15.5. The predicted octanol–water partition coefficient (Wildman–Crippen LogP) is 7.70. The lowest BCUT2D eigenvalue weighted by molar-refractivity contribution is -0.145. The van der Waals surface area contributed by atoms with Crippen molar-refractivity contribution in [3.05, 3.63) is 119 Å². The van der Waals surface area contributed by atoms with Gasteiger partial charge in [-0.05, 0) is 81.5 Å². The largest absolute Gasteiger partial charge is 0.497 e. The molecular formula is C47H58N6O5Si. The van der Waals surface area contributed by atoms with E-state index < -0.39 is 13.7 Å². The summed E-state index contributed by atoms with van der Waals surface area (Å²) in [6.07, 6.45) is 9.76. The number of aryl methyl sites for hydroxylation is 1. The number of methoxy groups -OCH3 is 1. The summed E-state index contributed by atoms with van der Waals surface area (Å²) in [5.41, 5.74) is 5.95. The molecule has 1 saturated heterocycles. The first-order valence-corrected chi connectivity index (χ1v) is 24.0. The molecule has 0 radical (unpaired) electrons. The standard InChI is InChI=1S/C47H58N6O5Si/c1-32(2)12-11-13-33(3)24-28-52-42-22-16-37(53-44(55)23-21-41(49-53)35-14-9-8-10-15-35)30-40(42)47(46(52)56)34(4)45(59(6,7)39-19-17-38(57-5)18-20-39)43(58-47)25-27-51-31-36(26-29-54)48-50-51/h8-10,12,14-20,22,24,30-31,34,43,45,54H,11,13,21,23,25-29H2,1-7H3/b33-24+/t34-,43+,45-,47+/m0/s1. The molecular weight excluding hydrogens is 757 g/mol. The van der Waals surface area contributed by atoms with Crippen molar-refractivity contribution in [1.29, 1.82) is 0 Å². The topological polar surface area (TPSA) is 122 Å². The number of ether oxygens (including phenoxy) is 2. The summed E-state index contributed by atoms with van der Waals surface area (Å²) in [4.78, 5) is 31.0. The van der Waals surface area contributed by atoms with Crippen LogP contribution in [0.1, 0.15) is 76.6 Å². The van der Waals surface area contributed by atoms with Crippen LogP contribution in [0.5, 0.6) is 5.75 Å². The van der Waals surface area contributed by atoms with Gasteiger partial charge < -0.3 is 19.5 Å². The summed E-state index contributed by atoms with van der Waals surface area (Å²) in [5.74, 6) is 0.394. The molecule has 1 fully saturated rings. The molecule has 1 N–H and O–H groups in total. The molecule has 4 heterocycles. The van der Waals surface area contributed by atoms with Gasteiger partial charge in [-0.15, -0.1) is 5.10 Å². The van der Waals surface area contributed by atoms with Gasteiger partial charge in [-0.3, -0.25) is 14.3 Å². The van der Waals surface area contributed by atoms with E-state index in [0.717, 1.165) is 46.8 Å². The van der Waals surface area contributed by atoms with Crippen molar-refractivity contribution in [2.45, 2.75) is 103 Å². The second kappa shape index (κ2) is 17.6. The fourth-order valence-corrected chi connectivity index (χ4v) is 13.4. The van der Waals surface area contributed by atoms with Crippen LogP contribution in [-0.2, 0) is 32.9 Å². The van der Waals surface area contributed by atoms with Gasteiger partial charge >= 0.3 is 0 Å². The van der Waals surface area contributed by atoms with Crippen LogP contribution in [0.3, 0.4) is 0 Å². The lowest BCUT2D eigenvalue weighted by atomic mass is 9.82. The van der Waals surface area contributed by atoms with E-state index in [0.29, 0.717) is 44.5 Å². The number of allylic oxidation sites excluding steroid dienone is 3. The number of nitrogens with zero attached hydrogens (tertiary/aromatic N) is 6. The van der Waals surface area contributed by atoms with E-state index in [2.05, 4.69) is 75.4 Å². The fraction of sp³-hybridized carbons (Fsp3) is 0.426. The van der Waals surface area contributed by atoms with E-state index in [4.69, 9.17) is 14.6 Å². The van der Waals surface area contributed by atoms with Gasteiger partial charge in [0.05, 0.1) is 44.1 Å². The fourth-order valence-electron chi connectivity index (χ4n) is 9.35. The van der Waals surface area contributed by atoms with Crippen LogP contribution in [0.4, 0.5) is 11.4 Å². The number of hydrogen-bond donors (Lipinski definition) is 1. The van der Waals surface area contributed by atoms with Gasteiger partial charge in [-0.25, -0.2) is 5.01 Å². The second-order valence-electron chi connectivity index (χ2n) is 17.0. The molecule has 0 saturated carbocycles. The minimum atomic E-state index is -2.42. The molecule has 2 amide bonds. The lowest BCUT2D eigenvalue weighted by Crippen LogP contribution is -2.52. The zero-order chi connectivity index (χ0) is 41.9. The van der Waals surface area contributed by atoms with Crippen molar-refractivity contribution in [3.63, 3.8) is 0 Å². The molecule has 4 atom stereocenters. The third kappa shape index (κ3) is 8.35. The Bertz CT molecular complexity index is 2250. The highest BCUT2D eigenvalue weighted by molar-refractivity contribution is 6.91. The molecule has 0 aliphatic carbocycles. The molecule has 3 aromatic carbocycles. The van der Waals surface area contributed by atoms with Gasteiger partial charge in [-0.2, -0.15) is 5.10 Å². The number of fused-ring (bicyclic) bond motifs is 2. The molecule has 310 valence electrons. The average molecular weight is 815 g/mol. The zero-order valence-corrected chi connectivity index (χ0v) is 36.5. The van der Waals surface area contributed by atoms with E-state index in [1.54, 1.807) is 7.11 Å². The Labute approximate surface area is 349 Å². The molecule has 1 aromatic heterocycles. The number of anilines is 2. The highest BCUT2D eigenvalue weighted by Gasteiger charge is 2.66. The van der Waals surface area contributed by atoms with Crippen LogP contribution in [0.2, 0.25) is 18.6 Å². The van der Waals surface area contributed by atoms with Gasteiger partial charge in [0.1, 0.15) is 5.75 Å². The smallest absolute Gasteiger partial charge is 0.264 e. The monoisotopic (exact) mass is 814 g/mol. The molecule has 12 heteroatoms. The molecule has 3 aliphatic heterocycles. The molecule has 7 rings (SSSR count). The first-order chi connectivity index (χ1) is 28.4. The van der Waals surface area contributed by atoms with E-state index in [-0.39, 0.29) is 36.0 Å². The molecule has 1 spiro atoms. The van der Waals surface area contributed by atoms with Crippen molar-refractivity contribution >= 4 is 42.2 Å². The summed E-state index contributed by atoms with van der Waals surface area (Å²) in [7, 11) is -0.743. The van der Waals surface area contributed by atoms with E-state index in [1.807, 2.05) is 76.4 Å². The molecule has 0 bridgehead atoms. The van der Waals surface area contributed by atoms with Crippen LogP contribution in [-0.4, -0.2) is 72.1 Å². The number of aliphatic hydroxyl groups excluding tert-OH is 1. The Kier molecular flexibility index (Phi) is 12.5. The van der Waals surface area contributed by atoms with Gasteiger partial charge in [0.15, 0.2) is 5.60 Å². The van der Waals surface area contributed by atoms with Crippen LogP contribution in [0.25, 0.3) is 0 Å². The lowest BCUT2D eigenvalue weighted by Gasteiger charge is -2.37. The Balaban J connectivity index is 1.33. The van der Waals surface area contributed by atoms with Crippen molar-refractivity contribution in [1.82, 2.24) is 15.0 Å². The SMILES string of the molecule is COc1ccc([Si](C)(C)[C@@H]2[C@@H](CCn3cc(CCO)nn3)O[C@]3(C(=O)N(C/C=C(\C)CCC=C(C)C)c4ccc(N5N=C(c6ccccc6)CCC5=O)cc43)[C@H]2C)cc1. The average Bonchev–Trinajstić information content (AvgIpc) is 3.88. The molecule has 4 aromatic rings. The van der Waals surface area contributed by atoms with Crippen LogP contribution in [0.15, 0.2) is 107 Å². The molecule has 11 nitrogen and oxygen atoms in total. The normalized spacial score (nSPS) is 21.9. The number of carbonyl (C=O) groups excluding carboxylic acids is 2. The minimum absolute atomic E-state index is 0.000272. The first kappa shape index (κ1) is 42.0. The van der Waals surface area contributed by atoms with Gasteiger partial charge in [0.2, 0.25) is 5.91 Å². The summed E-state index contributed by atoms with van der Waals surface area (Å²) >= 11 is 0. The maximum absolute atomic E-state index is 15.5. The Morgan fingerprint density at radius 1 is 1.02 bits per heavy atom. The van der Waals surface area contributed by atoms with Crippen molar-refractivity contribution in [3.8, 4) is 5.75 Å². The zero-order valence-electron chi connectivity index (χ0n) is 35.5. The van der Waals surface area contributed by atoms with E-state index >= 15 is 4.79 Å².